The van der Waals surface area contributed by atoms with E-state index in [-0.39, 0.29) is 10.7 Å². The quantitative estimate of drug-likeness (QED) is 0.670. The monoisotopic (exact) mass is 293 g/mol. The minimum atomic E-state index is -0.318. The molecule has 2 aliphatic heterocycles. The summed E-state index contributed by atoms with van der Waals surface area (Å²) in [4.78, 5) is 18.3. The predicted octanol–water partition coefficient (Wildman–Crippen LogP) is 1.49. The van der Waals surface area contributed by atoms with Crippen molar-refractivity contribution in [3.63, 3.8) is 0 Å². The third-order valence-electron chi connectivity index (χ3n) is 4.35. The van der Waals surface area contributed by atoms with Crippen LogP contribution in [0.5, 0.6) is 0 Å². The van der Waals surface area contributed by atoms with Crippen molar-refractivity contribution in [1.82, 2.24) is 14.7 Å². The van der Waals surface area contributed by atoms with Gasteiger partial charge in [-0.1, -0.05) is 11.3 Å². The number of nitro groups is 1. The summed E-state index contributed by atoms with van der Waals surface area (Å²) in [6.07, 6.45) is 3.91. The summed E-state index contributed by atoms with van der Waals surface area (Å²) in [6, 6.07) is 0.578. The molecule has 7 nitrogen and oxygen atoms in total. The second-order valence-corrected chi connectivity index (χ2v) is 6.29. The predicted molar refractivity (Wildman–Crippen MR) is 76.5 cm³/mol. The number of hydrogen-bond acceptors (Lipinski definition) is 6. The van der Waals surface area contributed by atoms with Crippen molar-refractivity contribution in [1.29, 1.82) is 0 Å². The van der Waals surface area contributed by atoms with Gasteiger partial charge >= 0.3 is 5.82 Å². The Morgan fingerprint density at radius 3 is 3.25 bits per heavy atom. The van der Waals surface area contributed by atoms with Crippen LogP contribution in [0.4, 0.5) is 11.6 Å². The molecule has 0 spiro atoms. The number of rotatable bonds is 2. The zero-order valence-corrected chi connectivity index (χ0v) is 11.7. The number of anilines is 1. The van der Waals surface area contributed by atoms with Crippen LogP contribution >= 0.6 is 11.3 Å². The maximum absolute atomic E-state index is 11.4. The highest BCUT2D eigenvalue weighted by Gasteiger charge is 2.36. The van der Waals surface area contributed by atoms with Gasteiger partial charge in [-0.05, 0) is 30.2 Å². The molecule has 2 aromatic heterocycles. The molecule has 2 saturated heterocycles. The fraction of sp³-hybridized carbons (Fsp3) is 0.583. The van der Waals surface area contributed by atoms with Gasteiger partial charge in [0, 0.05) is 24.5 Å². The van der Waals surface area contributed by atoms with E-state index in [2.05, 4.69) is 15.2 Å². The number of nitrogens with one attached hydrogen (secondary N) is 1. The summed E-state index contributed by atoms with van der Waals surface area (Å²) in [5.74, 6) is 1.22. The Labute approximate surface area is 119 Å². The van der Waals surface area contributed by atoms with Gasteiger partial charge in [0.2, 0.25) is 5.82 Å². The average molecular weight is 293 g/mol. The van der Waals surface area contributed by atoms with Crippen molar-refractivity contribution in [2.75, 3.05) is 24.5 Å². The Hall–Kier alpha value is -1.67. The summed E-state index contributed by atoms with van der Waals surface area (Å²) in [5, 5.41) is 16.7. The fourth-order valence-electron chi connectivity index (χ4n) is 3.38. The molecule has 0 aliphatic carbocycles. The lowest BCUT2D eigenvalue weighted by atomic mass is 9.93. The Kier molecular flexibility index (Phi) is 2.67. The van der Waals surface area contributed by atoms with Gasteiger partial charge in [0.25, 0.3) is 4.96 Å². The molecular formula is C12H15N5O2S. The lowest BCUT2D eigenvalue weighted by Gasteiger charge is -2.34. The maximum Gasteiger partial charge on any atom is 0.373 e. The van der Waals surface area contributed by atoms with Crippen LogP contribution in [0.1, 0.15) is 12.8 Å². The van der Waals surface area contributed by atoms with E-state index < -0.39 is 0 Å². The SMILES string of the molecule is O=[N+]([O-])c1c(N2CCC3NCCC3C2)nc2sccn12. The molecule has 2 atom stereocenters. The van der Waals surface area contributed by atoms with E-state index in [1.54, 1.807) is 10.6 Å². The smallest absolute Gasteiger partial charge is 0.358 e. The molecule has 4 rings (SSSR count). The molecular weight excluding hydrogens is 278 g/mol. The van der Waals surface area contributed by atoms with Crippen molar-refractivity contribution >= 4 is 27.9 Å². The van der Waals surface area contributed by atoms with Crippen LogP contribution < -0.4 is 10.2 Å². The Bertz CT molecular complexity index is 666. The first-order valence-corrected chi connectivity index (χ1v) is 7.70. The van der Waals surface area contributed by atoms with Crippen molar-refractivity contribution in [2.45, 2.75) is 18.9 Å². The maximum atomic E-state index is 11.4. The number of piperidine rings is 1. The lowest BCUT2D eigenvalue weighted by Crippen LogP contribution is -2.44. The first-order valence-electron chi connectivity index (χ1n) is 6.82. The van der Waals surface area contributed by atoms with Gasteiger partial charge in [0.15, 0.2) is 0 Å². The second kappa shape index (κ2) is 4.42. The van der Waals surface area contributed by atoms with Crippen LogP contribution in [-0.4, -0.2) is 40.0 Å². The van der Waals surface area contributed by atoms with E-state index in [9.17, 15) is 10.1 Å². The Morgan fingerprint density at radius 1 is 1.50 bits per heavy atom. The van der Waals surface area contributed by atoms with Gasteiger partial charge in [-0.3, -0.25) is 0 Å². The number of thiazole rings is 1. The lowest BCUT2D eigenvalue weighted by molar-refractivity contribution is -0.389. The van der Waals surface area contributed by atoms with Gasteiger partial charge in [-0.2, -0.15) is 9.38 Å². The highest BCUT2D eigenvalue weighted by atomic mass is 32.1. The van der Waals surface area contributed by atoms with Crippen LogP contribution in [0.3, 0.4) is 0 Å². The minimum absolute atomic E-state index is 0.102. The number of imidazole rings is 1. The van der Waals surface area contributed by atoms with Gasteiger partial charge in [0.05, 0.1) is 0 Å². The number of aromatic nitrogens is 2. The van der Waals surface area contributed by atoms with E-state index >= 15 is 0 Å². The van der Waals surface area contributed by atoms with E-state index in [0.717, 1.165) is 32.5 Å². The van der Waals surface area contributed by atoms with Crippen molar-refractivity contribution in [2.24, 2.45) is 5.92 Å². The van der Waals surface area contributed by atoms with Crippen LogP contribution in [0.15, 0.2) is 11.6 Å². The van der Waals surface area contributed by atoms with Gasteiger partial charge in [0.1, 0.15) is 6.20 Å². The first-order chi connectivity index (χ1) is 9.74. The van der Waals surface area contributed by atoms with Crippen molar-refractivity contribution in [3.8, 4) is 0 Å². The Morgan fingerprint density at radius 2 is 2.40 bits per heavy atom. The molecule has 0 bridgehead atoms. The van der Waals surface area contributed by atoms with Gasteiger partial charge in [-0.15, -0.1) is 0 Å². The van der Waals surface area contributed by atoms with E-state index in [0.29, 0.717) is 22.7 Å². The molecule has 2 fully saturated rings. The molecule has 2 aromatic rings. The molecule has 106 valence electrons. The molecule has 0 saturated carbocycles. The molecule has 0 radical (unpaired) electrons. The molecule has 20 heavy (non-hydrogen) atoms. The molecule has 0 aromatic carbocycles. The van der Waals surface area contributed by atoms with Crippen LogP contribution in [0.25, 0.3) is 4.96 Å². The molecule has 4 heterocycles. The van der Waals surface area contributed by atoms with Crippen LogP contribution in [-0.2, 0) is 0 Å². The third kappa shape index (κ3) is 1.71. The normalized spacial score (nSPS) is 26.1. The fourth-order valence-corrected chi connectivity index (χ4v) is 4.09. The van der Waals surface area contributed by atoms with Gasteiger partial charge < -0.3 is 20.3 Å². The zero-order valence-electron chi connectivity index (χ0n) is 10.9. The number of nitrogens with zero attached hydrogens (tertiary/aromatic N) is 4. The topological polar surface area (TPSA) is 75.7 Å². The summed E-state index contributed by atoms with van der Waals surface area (Å²) in [6.45, 7) is 2.76. The summed E-state index contributed by atoms with van der Waals surface area (Å²) in [7, 11) is 0. The van der Waals surface area contributed by atoms with Crippen LogP contribution in [0.2, 0.25) is 0 Å². The Balaban J connectivity index is 1.72. The minimum Gasteiger partial charge on any atom is -0.358 e. The van der Waals surface area contributed by atoms with E-state index in [4.69, 9.17) is 0 Å². The zero-order chi connectivity index (χ0) is 13.7. The largest absolute Gasteiger partial charge is 0.373 e. The van der Waals surface area contributed by atoms with Crippen molar-refractivity contribution in [3.05, 3.63) is 21.7 Å². The second-order valence-electron chi connectivity index (χ2n) is 5.42. The summed E-state index contributed by atoms with van der Waals surface area (Å²) >= 11 is 1.43. The molecule has 2 aliphatic rings. The average Bonchev–Trinajstić information content (AvgIpc) is 3.11. The molecule has 8 heteroatoms. The highest BCUT2D eigenvalue weighted by molar-refractivity contribution is 7.15. The third-order valence-corrected chi connectivity index (χ3v) is 5.10. The van der Waals surface area contributed by atoms with E-state index in [1.165, 1.54) is 11.3 Å². The first kappa shape index (κ1) is 12.1. The summed E-state index contributed by atoms with van der Waals surface area (Å²) in [5.41, 5.74) is 0. The number of fused-ring (bicyclic) bond motifs is 2. The molecule has 0 amide bonds. The molecule has 1 N–H and O–H groups in total. The van der Waals surface area contributed by atoms with Crippen molar-refractivity contribution < 1.29 is 4.92 Å². The number of hydrogen-bond donors (Lipinski definition) is 1. The molecule has 2 unspecified atom stereocenters. The van der Waals surface area contributed by atoms with E-state index in [1.807, 2.05) is 5.38 Å². The van der Waals surface area contributed by atoms with Gasteiger partial charge in [-0.25, -0.2) is 0 Å². The van der Waals surface area contributed by atoms with Crippen LogP contribution in [0, 0.1) is 16.0 Å². The standard InChI is InChI=1S/C12H15N5O2S/c18-17(19)11-10(14-12-16(11)5-6-20-12)15-4-2-9-8(7-15)1-3-13-9/h5-6,8-9,13H,1-4,7H2. The highest BCUT2D eigenvalue weighted by Crippen LogP contribution is 2.35. The summed E-state index contributed by atoms with van der Waals surface area (Å²) < 4.78 is 1.58.